The fraction of sp³-hybridized carbons (Fsp3) is 0.750. The van der Waals surface area contributed by atoms with Crippen LogP contribution in [0.3, 0.4) is 0 Å². The van der Waals surface area contributed by atoms with Crippen LogP contribution in [0.5, 0.6) is 0 Å². The number of aromatic nitrogens is 2. The van der Waals surface area contributed by atoms with Gasteiger partial charge in [-0.3, -0.25) is 9.89 Å². The molecule has 1 N–H and O–H groups in total. The van der Waals surface area contributed by atoms with Gasteiger partial charge in [0.05, 0.1) is 5.54 Å². The molecule has 0 fully saturated rings. The number of nitrogens with zero attached hydrogens (tertiary/aromatic N) is 1. The molecular formula is C12H22N2O. The highest BCUT2D eigenvalue weighted by atomic mass is 16.1. The number of aryl methyl sites for hydroxylation is 1. The Kier molecular flexibility index (Phi) is 3.42. The van der Waals surface area contributed by atoms with E-state index in [0.717, 1.165) is 30.5 Å². The minimum Gasteiger partial charge on any atom is -0.299 e. The van der Waals surface area contributed by atoms with Crippen molar-refractivity contribution in [2.24, 2.45) is 0 Å². The monoisotopic (exact) mass is 210 g/mol. The van der Waals surface area contributed by atoms with Crippen molar-refractivity contribution in [2.45, 2.75) is 59.4 Å². The van der Waals surface area contributed by atoms with E-state index in [1.165, 1.54) is 0 Å². The van der Waals surface area contributed by atoms with E-state index < -0.39 is 0 Å². The molecule has 3 heteroatoms. The topological polar surface area (TPSA) is 37.8 Å². The summed E-state index contributed by atoms with van der Waals surface area (Å²) in [5.41, 5.74) is 2.06. The lowest BCUT2D eigenvalue weighted by molar-refractivity contribution is 0.343. The fourth-order valence-corrected chi connectivity index (χ4v) is 1.79. The van der Waals surface area contributed by atoms with E-state index in [4.69, 9.17) is 0 Å². The molecule has 0 radical (unpaired) electrons. The van der Waals surface area contributed by atoms with Crippen LogP contribution >= 0.6 is 0 Å². The van der Waals surface area contributed by atoms with E-state index in [1.807, 2.05) is 20.8 Å². The van der Waals surface area contributed by atoms with E-state index in [0.29, 0.717) is 0 Å². The van der Waals surface area contributed by atoms with Crippen molar-refractivity contribution in [3.8, 4) is 0 Å². The minimum atomic E-state index is -0.160. The molecule has 1 aromatic heterocycles. The molecule has 0 saturated carbocycles. The summed E-state index contributed by atoms with van der Waals surface area (Å²) in [6.45, 7) is 10.3. The quantitative estimate of drug-likeness (QED) is 0.817. The Morgan fingerprint density at radius 2 is 1.87 bits per heavy atom. The molecular weight excluding hydrogens is 188 g/mol. The van der Waals surface area contributed by atoms with Crippen LogP contribution < -0.4 is 5.56 Å². The molecule has 0 aromatic carbocycles. The second kappa shape index (κ2) is 4.25. The Labute approximate surface area is 91.5 Å². The number of hydrogen-bond donors (Lipinski definition) is 1. The zero-order valence-electron chi connectivity index (χ0n) is 10.5. The molecule has 0 spiro atoms. The van der Waals surface area contributed by atoms with E-state index in [-0.39, 0.29) is 11.1 Å². The largest absolute Gasteiger partial charge is 0.299 e. The first kappa shape index (κ1) is 12.1. The van der Waals surface area contributed by atoms with Gasteiger partial charge in [-0.15, -0.1) is 0 Å². The molecule has 0 atom stereocenters. The van der Waals surface area contributed by atoms with E-state index in [1.54, 1.807) is 4.68 Å². The third kappa shape index (κ3) is 2.33. The van der Waals surface area contributed by atoms with Crippen molar-refractivity contribution in [1.29, 1.82) is 0 Å². The van der Waals surface area contributed by atoms with Gasteiger partial charge in [-0.05, 0) is 33.6 Å². The maximum atomic E-state index is 12.1. The number of rotatable bonds is 3. The smallest absolute Gasteiger partial charge is 0.270 e. The van der Waals surface area contributed by atoms with Gasteiger partial charge in [-0.1, -0.05) is 20.3 Å². The van der Waals surface area contributed by atoms with Gasteiger partial charge in [0.1, 0.15) is 0 Å². The molecule has 0 aliphatic rings. The van der Waals surface area contributed by atoms with Crippen LogP contribution in [0, 0.1) is 0 Å². The van der Waals surface area contributed by atoms with Crippen LogP contribution in [-0.4, -0.2) is 9.78 Å². The lowest BCUT2D eigenvalue weighted by Crippen LogP contribution is -2.33. The molecule has 0 aliphatic carbocycles. The first-order valence-corrected chi connectivity index (χ1v) is 5.75. The lowest BCUT2D eigenvalue weighted by Gasteiger charge is -2.19. The van der Waals surface area contributed by atoms with Crippen LogP contribution in [0.4, 0.5) is 0 Å². The Morgan fingerprint density at radius 3 is 2.27 bits per heavy atom. The Balaban J connectivity index is 3.28. The second-order valence-electron chi connectivity index (χ2n) is 4.98. The normalized spacial score (nSPS) is 12.1. The first-order valence-electron chi connectivity index (χ1n) is 5.75. The first-order chi connectivity index (χ1) is 6.91. The van der Waals surface area contributed by atoms with Gasteiger partial charge in [0.15, 0.2) is 0 Å². The molecule has 1 rings (SSSR count). The predicted molar refractivity (Wildman–Crippen MR) is 63.4 cm³/mol. The van der Waals surface area contributed by atoms with Gasteiger partial charge in [0.2, 0.25) is 0 Å². The number of H-pyrrole nitrogens is 1. The van der Waals surface area contributed by atoms with Crippen LogP contribution in [0.25, 0.3) is 0 Å². The molecule has 0 bridgehead atoms. The summed E-state index contributed by atoms with van der Waals surface area (Å²) in [7, 11) is 0. The van der Waals surface area contributed by atoms with Crippen LogP contribution in [0.2, 0.25) is 0 Å². The molecule has 15 heavy (non-hydrogen) atoms. The van der Waals surface area contributed by atoms with Crippen LogP contribution in [0.1, 0.15) is 52.3 Å². The number of aromatic amines is 1. The SMILES string of the molecule is CCCc1c(CC)[nH]n(C(C)(C)C)c1=O. The van der Waals surface area contributed by atoms with Crippen molar-refractivity contribution in [2.75, 3.05) is 0 Å². The summed E-state index contributed by atoms with van der Waals surface area (Å²) in [6.07, 6.45) is 2.79. The van der Waals surface area contributed by atoms with Gasteiger partial charge >= 0.3 is 0 Å². The average Bonchev–Trinajstić information content (AvgIpc) is 2.44. The van der Waals surface area contributed by atoms with Crippen molar-refractivity contribution < 1.29 is 0 Å². The maximum Gasteiger partial charge on any atom is 0.270 e. The van der Waals surface area contributed by atoms with Crippen LogP contribution in [0.15, 0.2) is 4.79 Å². The summed E-state index contributed by atoms with van der Waals surface area (Å²) < 4.78 is 1.75. The fourth-order valence-electron chi connectivity index (χ4n) is 1.79. The van der Waals surface area contributed by atoms with Gasteiger partial charge in [0, 0.05) is 11.3 Å². The summed E-state index contributed by atoms with van der Waals surface area (Å²) in [5, 5.41) is 3.23. The average molecular weight is 210 g/mol. The molecule has 86 valence electrons. The second-order valence-corrected chi connectivity index (χ2v) is 4.98. The highest BCUT2D eigenvalue weighted by molar-refractivity contribution is 5.18. The summed E-state index contributed by atoms with van der Waals surface area (Å²) in [5.74, 6) is 0. The summed E-state index contributed by atoms with van der Waals surface area (Å²) in [6, 6.07) is 0. The van der Waals surface area contributed by atoms with Gasteiger partial charge in [0.25, 0.3) is 5.56 Å². The standard InChI is InChI=1S/C12H22N2O/c1-6-8-9-10(7-2)13-14(11(9)15)12(3,4)5/h13H,6-8H2,1-5H3. The van der Waals surface area contributed by atoms with Crippen molar-refractivity contribution in [1.82, 2.24) is 9.78 Å². The highest BCUT2D eigenvalue weighted by Crippen LogP contribution is 2.13. The van der Waals surface area contributed by atoms with Crippen molar-refractivity contribution >= 4 is 0 Å². The van der Waals surface area contributed by atoms with Gasteiger partial charge < -0.3 is 0 Å². The number of hydrogen-bond acceptors (Lipinski definition) is 1. The number of nitrogens with one attached hydrogen (secondary N) is 1. The minimum absolute atomic E-state index is 0.154. The molecule has 0 aliphatic heterocycles. The lowest BCUT2D eigenvalue weighted by atomic mass is 10.1. The van der Waals surface area contributed by atoms with Crippen molar-refractivity contribution in [3.63, 3.8) is 0 Å². The molecule has 0 saturated heterocycles. The van der Waals surface area contributed by atoms with E-state index >= 15 is 0 Å². The zero-order valence-corrected chi connectivity index (χ0v) is 10.5. The van der Waals surface area contributed by atoms with E-state index in [2.05, 4.69) is 18.9 Å². The van der Waals surface area contributed by atoms with E-state index in [9.17, 15) is 4.79 Å². The molecule has 0 unspecified atom stereocenters. The predicted octanol–water partition coefficient (Wildman–Crippen LogP) is 2.45. The molecule has 1 heterocycles. The third-order valence-corrected chi connectivity index (χ3v) is 2.60. The summed E-state index contributed by atoms with van der Waals surface area (Å²) >= 11 is 0. The Bertz CT molecular complexity index is 379. The summed E-state index contributed by atoms with van der Waals surface area (Å²) in [4.78, 5) is 12.1. The van der Waals surface area contributed by atoms with Gasteiger partial charge in [-0.25, -0.2) is 4.68 Å². The molecule has 1 aromatic rings. The Hall–Kier alpha value is -0.990. The zero-order chi connectivity index (χ0) is 11.6. The van der Waals surface area contributed by atoms with Crippen molar-refractivity contribution in [3.05, 3.63) is 21.6 Å². The highest BCUT2D eigenvalue weighted by Gasteiger charge is 2.20. The molecule has 0 amide bonds. The Morgan fingerprint density at radius 1 is 1.27 bits per heavy atom. The van der Waals surface area contributed by atoms with Gasteiger partial charge in [-0.2, -0.15) is 0 Å². The molecule has 3 nitrogen and oxygen atoms in total. The maximum absolute atomic E-state index is 12.1. The third-order valence-electron chi connectivity index (χ3n) is 2.60. The van der Waals surface area contributed by atoms with Crippen LogP contribution in [-0.2, 0) is 18.4 Å².